The van der Waals surface area contributed by atoms with E-state index in [1.54, 1.807) is 27.1 Å². The van der Waals surface area contributed by atoms with Gasteiger partial charge in [0.15, 0.2) is 0 Å². The standard InChI is InChI=1S/C14H23BrN2O3S/c1-5-16-10-12-8-13(15)11(2)14(9-12)21(18,19)17(3)6-7-20-4/h8-9,16H,5-7,10H2,1-4H3. The van der Waals surface area contributed by atoms with E-state index in [4.69, 9.17) is 4.74 Å². The Balaban J connectivity index is 3.18. The first-order valence-corrected chi connectivity index (χ1v) is 9.02. The Morgan fingerprint density at radius 3 is 2.62 bits per heavy atom. The van der Waals surface area contributed by atoms with Crippen molar-refractivity contribution < 1.29 is 13.2 Å². The fraction of sp³-hybridized carbons (Fsp3) is 0.571. The predicted octanol–water partition coefficient (Wildman–Crippen LogP) is 2.13. The van der Waals surface area contributed by atoms with Crippen molar-refractivity contribution in [3.8, 4) is 0 Å². The van der Waals surface area contributed by atoms with Crippen molar-refractivity contribution in [2.45, 2.75) is 25.3 Å². The molecule has 0 aliphatic heterocycles. The Morgan fingerprint density at radius 1 is 1.38 bits per heavy atom. The molecule has 0 atom stereocenters. The Kier molecular flexibility index (Phi) is 7.29. The summed E-state index contributed by atoms with van der Waals surface area (Å²) in [5.74, 6) is 0. The monoisotopic (exact) mass is 378 g/mol. The number of hydrogen-bond acceptors (Lipinski definition) is 4. The van der Waals surface area contributed by atoms with Crippen LogP contribution >= 0.6 is 15.9 Å². The zero-order chi connectivity index (χ0) is 16.0. The van der Waals surface area contributed by atoms with E-state index in [-0.39, 0.29) is 0 Å². The summed E-state index contributed by atoms with van der Waals surface area (Å²) < 4.78 is 32.4. The number of rotatable bonds is 8. The van der Waals surface area contributed by atoms with Crippen molar-refractivity contribution in [1.29, 1.82) is 0 Å². The summed E-state index contributed by atoms with van der Waals surface area (Å²) in [5, 5.41) is 3.20. The molecule has 0 aliphatic rings. The Labute approximate surface area is 135 Å². The zero-order valence-corrected chi connectivity index (χ0v) is 15.3. The Morgan fingerprint density at radius 2 is 2.05 bits per heavy atom. The summed E-state index contributed by atoms with van der Waals surface area (Å²) in [7, 11) is -0.393. The molecule has 0 unspecified atom stereocenters. The number of likely N-dealkylation sites (N-methyl/N-ethyl adjacent to an activating group) is 1. The fourth-order valence-corrected chi connectivity index (χ4v) is 3.94. The second kappa shape index (κ2) is 8.24. The lowest BCUT2D eigenvalue weighted by Gasteiger charge is -2.19. The largest absolute Gasteiger partial charge is 0.383 e. The van der Waals surface area contributed by atoms with Crippen LogP contribution in [0.4, 0.5) is 0 Å². The number of methoxy groups -OCH3 is 1. The van der Waals surface area contributed by atoms with Crippen LogP contribution in [0.1, 0.15) is 18.1 Å². The molecule has 21 heavy (non-hydrogen) atoms. The van der Waals surface area contributed by atoms with E-state index in [9.17, 15) is 8.42 Å². The first-order chi connectivity index (χ1) is 9.84. The molecule has 5 nitrogen and oxygen atoms in total. The third-order valence-corrected chi connectivity index (χ3v) is 6.04. The first-order valence-electron chi connectivity index (χ1n) is 6.79. The van der Waals surface area contributed by atoms with Crippen molar-refractivity contribution >= 4 is 26.0 Å². The molecule has 0 saturated carbocycles. The van der Waals surface area contributed by atoms with E-state index < -0.39 is 10.0 Å². The third kappa shape index (κ3) is 4.75. The summed E-state index contributed by atoms with van der Waals surface area (Å²) in [5.41, 5.74) is 1.66. The van der Waals surface area contributed by atoms with E-state index in [0.717, 1.165) is 22.1 Å². The van der Waals surface area contributed by atoms with Gasteiger partial charge in [-0.3, -0.25) is 0 Å². The number of nitrogens with one attached hydrogen (secondary N) is 1. The molecule has 1 aromatic carbocycles. The molecule has 0 aliphatic carbocycles. The van der Waals surface area contributed by atoms with Gasteiger partial charge in [0.25, 0.3) is 0 Å². The van der Waals surface area contributed by atoms with Gasteiger partial charge in [-0.05, 0) is 36.7 Å². The number of nitrogens with zero attached hydrogens (tertiary/aromatic N) is 1. The quantitative estimate of drug-likeness (QED) is 0.752. The molecule has 0 heterocycles. The highest BCUT2D eigenvalue weighted by atomic mass is 79.9. The van der Waals surface area contributed by atoms with Gasteiger partial charge in [0, 0.05) is 31.7 Å². The predicted molar refractivity (Wildman–Crippen MR) is 88.0 cm³/mol. The van der Waals surface area contributed by atoms with Crippen LogP contribution in [0.2, 0.25) is 0 Å². The van der Waals surface area contributed by atoms with Gasteiger partial charge in [0.2, 0.25) is 10.0 Å². The van der Waals surface area contributed by atoms with Gasteiger partial charge < -0.3 is 10.1 Å². The minimum Gasteiger partial charge on any atom is -0.383 e. The highest BCUT2D eigenvalue weighted by Gasteiger charge is 2.24. The summed E-state index contributed by atoms with van der Waals surface area (Å²) in [6.45, 7) is 5.99. The maximum Gasteiger partial charge on any atom is 0.243 e. The molecule has 0 spiro atoms. The summed E-state index contributed by atoms with van der Waals surface area (Å²) in [6.07, 6.45) is 0. The Hall–Kier alpha value is -0.470. The van der Waals surface area contributed by atoms with Crippen LogP contribution in [0.3, 0.4) is 0 Å². The second-order valence-corrected chi connectivity index (χ2v) is 7.67. The Bertz CT molecular complexity index is 576. The summed E-state index contributed by atoms with van der Waals surface area (Å²) in [4.78, 5) is 0.336. The third-order valence-electron chi connectivity index (χ3n) is 3.23. The molecule has 0 fully saturated rings. The lowest BCUT2D eigenvalue weighted by atomic mass is 10.1. The van der Waals surface area contributed by atoms with Gasteiger partial charge in [-0.2, -0.15) is 4.31 Å². The lowest BCUT2D eigenvalue weighted by Crippen LogP contribution is -2.30. The van der Waals surface area contributed by atoms with Crippen molar-refractivity contribution in [1.82, 2.24) is 9.62 Å². The van der Waals surface area contributed by atoms with Crippen LogP contribution in [-0.4, -0.2) is 46.6 Å². The van der Waals surface area contributed by atoms with Gasteiger partial charge >= 0.3 is 0 Å². The number of halogens is 1. The second-order valence-electron chi connectivity index (χ2n) is 4.80. The molecule has 120 valence electrons. The number of sulfonamides is 1. The van der Waals surface area contributed by atoms with Crippen molar-refractivity contribution in [2.24, 2.45) is 0 Å². The SMILES string of the molecule is CCNCc1cc(Br)c(C)c(S(=O)(=O)N(C)CCOC)c1. The van der Waals surface area contributed by atoms with E-state index >= 15 is 0 Å². The van der Waals surface area contributed by atoms with Crippen LogP contribution < -0.4 is 5.32 Å². The van der Waals surface area contributed by atoms with Gasteiger partial charge in [-0.1, -0.05) is 22.9 Å². The maximum atomic E-state index is 12.7. The molecule has 1 N–H and O–H groups in total. The average Bonchev–Trinajstić information content (AvgIpc) is 2.45. The molecule has 1 rings (SSSR count). The van der Waals surface area contributed by atoms with E-state index in [1.807, 2.05) is 13.0 Å². The van der Waals surface area contributed by atoms with Gasteiger partial charge in [-0.25, -0.2) is 8.42 Å². The molecule has 0 saturated heterocycles. The molecule has 0 aromatic heterocycles. The van der Waals surface area contributed by atoms with Gasteiger partial charge in [0.1, 0.15) is 0 Å². The summed E-state index contributed by atoms with van der Waals surface area (Å²) >= 11 is 3.45. The maximum absolute atomic E-state index is 12.7. The van der Waals surface area contributed by atoms with Crippen molar-refractivity contribution in [2.75, 3.05) is 33.9 Å². The number of ether oxygens (including phenoxy) is 1. The fourth-order valence-electron chi connectivity index (χ4n) is 1.85. The molecule has 7 heteroatoms. The number of hydrogen-bond donors (Lipinski definition) is 1. The molecule has 0 radical (unpaired) electrons. The molecule has 0 bridgehead atoms. The first kappa shape index (κ1) is 18.6. The normalized spacial score (nSPS) is 12.1. The highest BCUT2D eigenvalue weighted by Crippen LogP contribution is 2.27. The molecule has 1 aromatic rings. The molecular weight excluding hydrogens is 356 g/mol. The van der Waals surface area contributed by atoms with E-state index in [0.29, 0.717) is 24.6 Å². The van der Waals surface area contributed by atoms with Gasteiger partial charge in [0.05, 0.1) is 11.5 Å². The van der Waals surface area contributed by atoms with Gasteiger partial charge in [-0.15, -0.1) is 0 Å². The van der Waals surface area contributed by atoms with Crippen LogP contribution in [0.25, 0.3) is 0 Å². The van der Waals surface area contributed by atoms with Crippen LogP contribution in [0.15, 0.2) is 21.5 Å². The van der Waals surface area contributed by atoms with Crippen LogP contribution in [-0.2, 0) is 21.3 Å². The molecule has 0 amide bonds. The smallest absolute Gasteiger partial charge is 0.243 e. The highest BCUT2D eigenvalue weighted by molar-refractivity contribution is 9.10. The minimum absolute atomic E-state index is 0.327. The van der Waals surface area contributed by atoms with E-state index in [2.05, 4.69) is 21.2 Å². The van der Waals surface area contributed by atoms with Crippen molar-refractivity contribution in [3.05, 3.63) is 27.7 Å². The average molecular weight is 379 g/mol. The minimum atomic E-state index is -3.52. The number of benzene rings is 1. The zero-order valence-electron chi connectivity index (χ0n) is 12.9. The topological polar surface area (TPSA) is 58.6 Å². The van der Waals surface area contributed by atoms with E-state index in [1.165, 1.54) is 4.31 Å². The lowest BCUT2D eigenvalue weighted by molar-refractivity contribution is 0.185. The van der Waals surface area contributed by atoms with Crippen LogP contribution in [0.5, 0.6) is 0 Å². The van der Waals surface area contributed by atoms with Crippen molar-refractivity contribution in [3.63, 3.8) is 0 Å². The molecular formula is C14H23BrN2O3S. The summed E-state index contributed by atoms with van der Waals surface area (Å²) in [6, 6.07) is 3.69. The van der Waals surface area contributed by atoms with Crippen LogP contribution in [0, 0.1) is 6.92 Å².